The molecule has 2 N–H and O–H groups in total. The maximum absolute atomic E-state index is 11.0. The van der Waals surface area contributed by atoms with Gasteiger partial charge in [-0.3, -0.25) is 0 Å². The second kappa shape index (κ2) is 6.61. The summed E-state index contributed by atoms with van der Waals surface area (Å²) in [6.45, 7) is 4.01. The average molecular weight is 279 g/mol. The van der Waals surface area contributed by atoms with Crippen LogP contribution in [0.3, 0.4) is 0 Å². The first kappa shape index (κ1) is 14.7. The molecular weight excluding hydrogens is 258 g/mol. The monoisotopic (exact) mass is 279 g/mol. The third kappa shape index (κ3) is 3.42. The molecule has 1 aliphatic heterocycles. The smallest absolute Gasteiger partial charge is 0.335 e. The second-order valence-electron chi connectivity index (χ2n) is 5.10. The molecule has 2 unspecified atom stereocenters. The van der Waals surface area contributed by atoms with Crippen molar-refractivity contribution in [2.24, 2.45) is 5.92 Å². The highest BCUT2D eigenvalue weighted by Gasteiger charge is 2.22. The van der Waals surface area contributed by atoms with Gasteiger partial charge in [-0.05, 0) is 44.5 Å². The number of carbonyl (C=O) groups is 1. The highest BCUT2D eigenvalue weighted by atomic mass is 16.5. The Kier molecular flexibility index (Phi) is 4.84. The summed E-state index contributed by atoms with van der Waals surface area (Å²) in [5, 5.41) is 12.4. The van der Waals surface area contributed by atoms with Crippen LogP contribution in [0.5, 0.6) is 11.5 Å². The van der Waals surface area contributed by atoms with Gasteiger partial charge < -0.3 is 19.9 Å². The van der Waals surface area contributed by atoms with Crippen LogP contribution >= 0.6 is 0 Å². The number of piperidine rings is 1. The Bertz CT molecular complexity index is 469. The summed E-state index contributed by atoms with van der Waals surface area (Å²) in [6.07, 6.45) is 2.28. The molecule has 2 atom stereocenters. The predicted octanol–water partition coefficient (Wildman–Crippen LogP) is 2.16. The molecule has 0 saturated carbocycles. The molecule has 0 amide bonds. The van der Waals surface area contributed by atoms with Gasteiger partial charge in [0, 0.05) is 12.5 Å². The van der Waals surface area contributed by atoms with Crippen LogP contribution in [0.4, 0.5) is 0 Å². The van der Waals surface area contributed by atoms with E-state index >= 15 is 0 Å². The summed E-state index contributed by atoms with van der Waals surface area (Å²) in [6, 6.07) is 4.67. The van der Waals surface area contributed by atoms with Crippen molar-refractivity contribution in [3.63, 3.8) is 0 Å². The Balaban J connectivity index is 2.13. The van der Waals surface area contributed by atoms with E-state index in [-0.39, 0.29) is 11.7 Å². The van der Waals surface area contributed by atoms with Gasteiger partial charge >= 0.3 is 5.97 Å². The topological polar surface area (TPSA) is 67.8 Å². The van der Waals surface area contributed by atoms with Gasteiger partial charge in [0.2, 0.25) is 0 Å². The number of nitrogens with one attached hydrogen (secondary N) is 1. The molecule has 1 aromatic rings. The number of carboxylic acid groups (broad SMARTS) is 1. The van der Waals surface area contributed by atoms with Crippen molar-refractivity contribution in [3.8, 4) is 11.5 Å². The van der Waals surface area contributed by atoms with Crippen LogP contribution in [0.25, 0.3) is 0 Å². The molecule has 2 rings (SSSR count). The number of hydrogen-bond acceptors (Lipinski definition) is 4. The standard InChI is InChI=1S/C15H21NO4/c1-10(12-4-3-7-16-9-12)20-14-8-11(15(17)18)5-6-13(14)19-2/h5-6,8,10,12,16H,3-4,7,9H2,1-2H3,(H,17,18). The van der Waals surface area contributed by atoms with E-state index in [2.05, 4.69) is 5.32 Å². The van der Waals surface area contributed by atoms with Crippen molar-refractivity contribution < 1.29 is 19.4 Å². The first-order valence-corrected chi connectivity index (χ1v) is 6.90. The average Bonchev–Trinajstić information content (AvgIpc) is 2.48. The second-order valence-corrected chi connectivity index (χ2v) is 5.10. The number of rotatable bonds is 5. The molecule has 0 aliphatic carbocycles. The molecule has 110 valence electrons. The van der Waals surface area contributed by atoms with E-state index in [0.29, 0.717) is 17.4 Å². The Labute approximate surface area is 118 Å². The van der Waals surface area contributed by atoms with Crippen molar-refractivity contribution in [2.75, 3.05) is 20.2 Å². The molecule has 0 aromatic heterocycles. The van der Waals surface area contributed by atoms with E-state index < -0.39 is 5.97 Å². The maximum Gasteiger partial charge on any atom is 0.335 e. The normalized spacial score (nSPS) is 20.2. The van der Waals surface area contributed by atoms with Crippen LogP contribution < -0.4 is 14.8 Å². The van der Waals surface area contributed by atoms with Crippen LogP contribution in [0.15, 0.2) is 18.2 Å². The first-order chi connectivity index (χ1) is 9.61. The summed E-state index contributed by atoms with van der Waals surface area (Å²) in [5.41, 5.74) is 0.203. The van der Waals surface area contributed by atoms with E-state index in [1.807, 2.05) is 6.92 Å². The van der Waals surface area contributed by atoms with Gasteiger partial charge in [0.25, 0.3) is 0 Å². The molecule has 1 fully saturated rings. The lowest BCUT2D eigenvalue weighted by molar-refractivity contribution is 0.0695. The van der Waals surface area contributed by atoms with Gasteiger partial charge in [-0.25, -0.2) is 4.79 Å². The highest BCUT2D eigenvalue weighted by Crippen LogP contribution is 2.31. The van der Waals surface area contributed by atoms with E-state index in [1.54, 1.807) is 13.2 Å². The van der Waals surface area contributed by atoms with E-state index in [9.17, 15) is 4.79 Å². The predicted molar refractivity (Wildman–Crippen MR) is 75.6 cm³/mol. The number of aromatic carboxylic acids is 1. The number of carboxylic acids is 1. The number of hydrogen-bond donors (Lipinski definition) is 2. The molecule has 1 heterocycles. The summed E-state index contributed by atoms with van der Waals surface area (Å²) >= 11 is 0. The van der Waals surface area contributed by atoms with Crippen LogP contribution in [0.2, 0.25) is 0 Å². The molecule has 1 aliphatic rings. The van der Waals surface area contributed by atoms with Gasteiger partial charge in [-0.15, -0.1) is 0 Å². The minimum absolute atomic E-state index is 0.0146. The number of benzene rings is 1. The minimum atomic E-state index is -0.968. The fourth-order valence-corrected chi connectivity index (χ4v) is 2.48. The molecule has 20 heavy (non-hydrogen) atoms. The van der Waals surface area contributed by atoms with Crippen molar-refractivity contribution in [1.29, 1.82) is 0 Å². The third-order valence-electron chi connectivity index (χ3n) is 3.72. The van der Waals surface area contributed by atoms with Crippen molar-refractivity contribution in [2.45, 2.75) is 25.9 Å². The fraction of sp³-hybridized carbons (Fsp3) is 0.533. The van der Waals surface area contributed by atoms with Gasteiger partial charge in [0.05, 0.1) is 12.7 Å². The molecular formula is C15H21NO4. The zero-order valence-corrected chi connectivity index (χ0v) is 11.9. The van der Waals surface area contributed by atoms with E-state index in [4.69, 9.17) is 14.6 Å². The SMILES string of the molecule is COc1ccc(C(=O)O)cc1OC(C)C1CCCNC1. The maximum atomic E-state index is 11.0. The summed E-state index contributed by atoms with van der Waals surface area (Å²) in [5.74, 6) is 0.516. The zero-order chi connectivity index (χ0) is 14.5. The highest BCUT2D eigenvalue weighted by molar-refractivity contribution is 5.88. The first-order valence-electron chi connectivity index (χ1n) is 6.90. The lowest BCUT2D eigenvalue weighted by Crippen LogP contribution is -2.37. The lowest BCUT2D eigenvalue weighted by atomic mass is 9.94. The summed E-state index contributed by atoms with van der Waals surface area (Å²) in [4.78, 5) is 11.0. The molecule has 1 aromatic carbocycles. The number of methoxy groups -OCH3 is 1. The number of ether oxygens (including phenoxy) is 2. The summed E-state index contributed by atoms with van der Waals surface area (Å²) in [7, 11) is 1.55. The third-order valence-corrected chi connectivity index (χ3v) is 3.72. The molecule has 5 nitrogen and oxygen atoms in total. The van der Waals surface area contributed by atoms with Crippen LogP contribution in [0, 0.1) is 5.92 Å². The quantitative estimate of drug-likeness (QED) is 0.864. The molecule has 5 heteroatoms. The molecule has 0 bridgehead atoms. The van der Waals surface area contributed by atoms with Gasteiger partial charge in [-0.2, -0.15) is 0 Å². The zero-order valence-electron chi connectivity index (χ0n) is 11.9. The Morgan fingerprint density at radius 2 is 2.25 bits per heavy atom. The molecule has 1 saturated heterocycles. The lowest BCUT2D eigenvalue weighted by Gasteiger charge is -2.29. The van der Waals surface area contributed by atoms with E-state index in [1.165, 1.54) is 12.1 Å². The Hall–Kier alpha value is -1.75. The van der Waals surface area contributed by atoms with Crippen molar-refractivity contribution in [1.82, 2.24) is 5.32 Å². The Morgan fingerprint density at radius 1 is 1.45 bits per heavy atom. The minimum Gasteiger partial charge on any atom is -0.493 e. The molecule has 0 radical (unpaired) electrons. The Morgan fingerprint density at radius 3 is 2.85 bits per heavy atom. The van der Waals surface area contributed by atoms with Crippen molar-refractivity contribution in [3.05, 3.63) is 23.8 Å². The van der Waals surface area contributed by atoms with Crippen LogP contribution in [-0.4, -0.2) is 37.4 Å². The van der Waals surface area contributed by atoms with Gasteiger partial charge in [-0.1, -0.05) is 0 Å². The van der Waals surface area contributed by atoms with Gasteiger partial charge in [0.15, 0.2) is 11.5 Å². The van der Waals surface area contributed by atoms with Crippen molar-refractivity contribution >= 4 is 5.97 Å². The van der Waals surface area contributed by atoms with Gasteiger partial charge in [0.1, 0.15) is 6.10 Å². The van der Waals surface area contributed by atoms with Crippen LogP contribution in [0.1, 0.15) is 30.1 Å². The molecule has 0 spiro atoms. The fourth-order valence-electron chi connectivity index (χ4n) is 2.48. The summed E-state index contributed by atoms with van der Waals surface area (Å²) < 4.78 is 11.2. The van der Waals surface area contributed by atoms with E-state index in [0.717, 1.165) is 25.9 Å². The largest absolute Gasteiger partial charge is 0.493 e. The van der Waals surface area contributed by atoms with Crippen LogP contribution in [-0.2, 0) is 0 Å².